The van der Waals surface area contributed by atoms with Gasteiger partial charge in [-0.15, -0.1) is 0 Å². The highest BCUT2D eigenvalue weighted by molar-refractivity contribution is 7.86. The molecule has 0 aliphatic rings. The largest absolute Gasteiger partial charge is 0.744 e. The molecule has 0 fully saturated rings. The van der Waals surface area contributed by atoms with E-state index in [-0.39, 0.29) is 11.5 Å². The van der Waals surface area contributed by atoms with E-state index < -0.39 is 16.1 Å². The third-order valence-electron chi connectivity index (χ3n) is 3.49. The summed E-state index contributed by atoms with van der Waals surface area (Å²) < 4.78 is 44.7. The van der Waals surface area contributed by atoms with Crippen molar-refractivity contribution in [3.8, 4) is 5.75 Å². The Bertz CT molecular complexity index is 886. The third-order valence-corrected chi connectivity index (χ3v) is 4.39. The molecule has 0 bridgehead atoms. The number of ether oxygens (including phenoxy) is 2. The first-order valence-electron chi connectivity index (χ1n) is 7.74. The summed E-state index contributed by atoms with van der Waals surface area (Å²) in [6.07, 6.45) is 1.28. The molecule has 0 atom stereocenters. The minimum atomic E-state index is -4.56. The van der Waals surface area contributed by atoms with E-state index in [1.165, 1.54) is 12.1 Å². The Morgan fingerprint density at radius 2 is 1.72 bits per heavy atom. The Balaban J connectivity index is 1.99. The number of rotatable bonds is 8. The second-order valence-electron chi connectivity index (χ2n) is 5.53. The smallest absolute Gasteiger partial charge is 0.333 e. The summed E-state index contributed by atoms with van der Waals surface area (Å²) in [5, 5.41) is 0.901. The number of carbonyl (C=O) groups excluding carboxylic acids is 1. The molecule has 134 valence electrons. The maximum atomic E-state index is 11.3. The molecule has 0 spiro atoms. The fraction of sp³-hybridized carbons (Fsp3) is 0.278. The molecule has 0 saturated carbocycles. The first-order valence-corrected chi connectivity index (χ1v) is 9.14. The Morgan fingerprint density at radius 1 is 1.08 bits per heavy atom. The van der Waals surface area contributed by atoms with Gasteiger partial charge in [0, 0.05) is 16.3 Å². The highest BCUT2D eigenvalue weighted by atomic mass is 32.2. The molecule has 0 heterocycles. The molecular weight excluding hydrogens is 344 g/mol. The van der Waals surface area contributed by atoms with Crippen LogP contribution in [-0.4, -0.2) is 32.2 Å². The Hall–Kier alpha value is -2.38. The monoisotopic (exact) mass is 363 g/mol. The third kappa shape index (κ3) is 5.04. The molecule has 0 saturated heterocycles. The SMILES string of the molecule is C=C(C)C(=O)OCCCCOc1ccc(S(=O)(=O)[O-])c2ccccc12. The van der Waals surface area contributed by atoms with Crippen LogP contribution in [0.15, 0.2) is 53.4 Å². The fourth-order valence-corrected chi connectivity index (χ4v) is 2.94. The van der Waals surface area contributed by atoms with Gasteiger partial charge in [-0.05, 0) is 31.9 Å². The standard InChI is InChI=1S/C18H20O6S/c1-13(2)18(19)24-12-6-5-11-23-16-9-10-17(25(20,21)22)15-8-4-3-7-14(15)16/h3-4,7-10H,1,5-6,11-12H2,2H3,(H,20,21,22)/p-1. The number of hydrogen-bond donors (Lipinski definition) is 0. The summed E-state index contributed by atoms with van der Waals surface area (Å²) in [4.78, 5) is 11.0. The van der Waals surface area contributed by atoms with Crippen molar-refractivity contribution in [2.24, 2.45) is 0 Å². The maximum absolute atomic E-state index is 11.3. The number of carbonyl (C=O) groups is 1. The summed E-state index contributed by atoms with van der Waals surface area (Å²) >= 11 is 0. The number of benzene rings is 2. The van der Waals surface area contributed by atoms with Crippen LogP contribution in [0.3, 0.4) is 0 Å². The van der Waals surface area contributed by atoms with Crippen molar-refractivity contribution < 1.29 is 27.2 Å². The molecule has 7 heteroatoms. The second kappa shape index (κ2) is 8.13. The lowest BCUT2D eigenvalue weighted by Gasteiger charge is -2.14. The summed E-state index contributed by atoms with van der Waals surface area (Å²) in [6, 6.07) is 9.42. The molecule has 2 rings (SSSR count). The molecule has 2 aromatic rings. The first-order chi connectivity index (χ1) is 11.8. The zero-order valence-corrected chi connectivity index (χ0v) is 14.7. The van der Waals surface area contributed by atoms with Gasteiger partial charge < -0.3 is 14.0 Å². The molecule has 0 aromatic heterocycles. The number of fused-ring (bicyclic) bond motifs is 1. The van der Waals surface area contributed by atoms with Gasteiger partial charge in [-0.25, -0.2) is 13.2 Å². The van der Waals surface area contributed by atoms with E-state index in [0.717, 1.165) is 0 Å². The Kier molecular flexibility index (Phi) is 6.17. The van der Waals surface area contributed by atoms with Crippen LogP contribution in [0.2, 0.25) is 0 Å². The molecule has 0 radical (unpaired) electrons. The molecule has 0 amide bonds. The minimum absolute atomic E-state index is 0.262. The maximum Gasteiger partial charge on any atom is 0.333 e. The van der Waals surface area contributed by atoms with Gasteiger partial charge in [-0.3, -0.25) is 0 Å². The normalized spacial score (nSPS) is 11.3. The number of unbranched alkanes of at least 4 members (excludes halogenated alkanes) is 1. The predicted molar refractivity (Wildman–Crippen MR) is 92.4 cm³/mol. The van der Waals surface area contributed by atoms with E-state index in [2.05, 4.69) is 6.58 Å². The summed E-state index contributed by atoms with van der Waals surface area (Å²) in [5.41, 5.74) is 0.358. The molecule has 0 aliphatic heterocycles. The topological polar surface area (TPSA) is 92.7 Å². The van der Waals surface area contributed by atoms with Crippen LogP contribution < -0.4 is 4.74 Å². The molecule has 0 unspecified atom stereocenters. The van der Waals surface area contributed by atoms with Gasteiger partial charge in [-0.2, -0.15) is 0 Å². The van der Waals surface area contributed by atoms with Gasteiger partial charge in [0.1, 0.15) is 15.9 Å². The van der Waals surface area contributed by atoms with Crippen molar-refractivity contribution in [2.45, 2.75) is 24.7 Å². The number of esters is 1. The molecule has 2 aromatic carbocycles. The summed E-state index contributed by atoms with van der Waals surface area (Å²) in [6.45, 7) is 5.74. The van der Waals surface area contributed by atoms with Crippen molar-refractivity contribution in [3.05, 3.63) is 48.6 Å². The van der Waals surface area contributed by atoms with Crippen molar-refractivity contribution in [1.82, 2.24) is 0 Å². The average molecular weight is 363 g/mol. The van der Waals surface area contributed by atoms with E-state index in [0.29, 0.717) is 41.5 Å². The summed E-state index contributed by atoms with van der Waals surface area (Å²) in [7, 11) is -4.56. The van der Waals surface area contributed by atoms with Gasteiger partial charge in [0.25, 0.3) is 0 Å². The van der Waals surface area contributed by atoms with Crippen LogP contribution in [0.1, 0.15) is 19.8 Å². The molecule has 6 nitrogen and oxygen atoms in total. The van der Waals surface area contributed by atoms with Crippen LogP contribution in [0.5, 0.6) is 5.75 Å². The molecule has 25 heavy (non-hydrogen) atoms. The number of hydrogen-bond acceptors (Lipinski definition) is 6. The average Bonchev–Trinajstić information content (AvgIpc) is 2.56. The Labute approximate surface area is 146 Å². The quantitative estimate of drug-likeness (QED) is 0.310. The van der Waals surface area contributed by atoms with Gasteiger partial charge in [0.05, 0.1) is 18.1 Å². The predicted octanol–water partition coefficient (Wildman–Crippen LogP) is 3.02. The van der Waals surface area contributed by atoms with E-state index in [1.807, 2.05) is 0 Å². The lowest BCUT2D eigenvalue weighted by molar-refractivity contribution is -0.139. The van der Waals surface area contributed by atoms with Gasteiger partial charge in [-0.1, -0.05) is 30.8 Å². The van der Waals surface area contributed by atoms with E-state index in [9.17, 15) is 17.8 Å². The van der Waals surface area contributed by atoms with Crippen molar-refractivity contribution in [3.63, 3.8) is 0 Å². The van der Waals surface area contributed by atoms with Crippen LogP contribution in [0.4, 0.5) is 0 Å². The van der Waals surface area contributed by atoms with Crippen molar-refractivity contribution >= 4 is 26.9 Å². The van der Waals surface area contributed by atoms with E-state index >= 15 is 0 Å². The molecular formula is C18H19O6S-. The molecule has 0 aliphatic carbocycles. The molecule has 0 N–H and O–H groups in total. The summed E-state index contributed by atoms with van der Waals surface area (Å²) in [5.74, 6) is 0.0863. The first kappa shape index (κ1) is 19.0. The zero-order chi connectivity index (χ0) is 18.4. The van der Waals surface area contributed by atoms with Crippen LogP contribution >= 0.6 is 0 Å². The van der Waals surface area contributed by atoms with Gasteiger partial charge in [0.2, 0.25) is 0 Å². The highest BCUT2D eigenvalue weighted by Crippen LogP contribution is 2.31. The minimum Gasteiger partial charge on any atom is -0.744 e. The fourth-order valence-electron chi connectivity index (χ4n) is 2.26. The second-order valence-corrected chi connectivity index (χ2v) is 6.88. The highest BCUT2D eigenvalue weighted by Gasteiger charge is 2.11. The van der Waals surface area contributed by atoms with E-state index in [1.54, 1.807) is 31.2 Å². The van der Waals surface area contributed by atoms with Crippen molar-refractivity contribution in [1.29, 1.82) is 0 Å². The lowest BCUT2D eigenvalue weighted by atomic mass is 10.1. The van der Waals surface area contributed by atoms with Crippen molar-refractivity contribution in [2.75, 3.05) is 13.2 Å². The van der Waals surface area contributed by atoms with Crippen LogP contribution in [-0.2, 0) is 19.6 Å². The zero-order valence-electron chi connectivity index (χ0n) is 13.9. The van der Waals surface area contributed by atoms with Gasteiger partial charge in [0.15, 0.2) is 0 Å². The lowest BCUT2D eigenvalue weighted by Crippen LogP contribution is -2.07. The van der Waals surface area contributed by atoms with E-state index in [4.69, 9.17) is 9.47 Å². The van der Waals surface area contributed by atoms with Gasteiger partial charge >= 0.3 is 5.97 Å². The van der Waals surface area contributed by atoms with Crippen LogP contribution in [0, 0.1) is 0 Å². The Morgan fingerprint density at radius 3 is 2.36 bits per heavy atom. The van der Waals surface area contributed by atoms with Crippen LogP contribution in [0.25, 0.3) is 10.8 Å².